The number of ether oxygens (including phenoxy) is 1. The Balaban J connectivity index is 1.84. The van der Waals surface area contributed by atoms with Crippen molar-refractivity contribution >= 4 is 33.5 Å². The van der Waals surface area contributed by atoms with Crippen molar-refractivity contribution < 1.29 is 19.4 Å². The molecule has 0 unspecified atom stereocenters. The highest BCUT2D eigenvalue weighted by atomic mass is 79.9. The molecular weight excluding hydrogens is 442 g/mol. The molecule has 1 heterocycles. The Bertz CT molecular complexity index is 1130. The van der Waals surface area contributed by atoms with Gasteiger partial charge in [0, 0.05) is 17.0 Å². The summed E-state index contributed by atoms with van der Waals surface area (Å²) in [7, 11) is 1.57. The minimum atomic E-state index is -1.19. The van der Waals surface area contributed by atoms with Gasteiger partial charge in [-0.3, -0.25) is 9.59 Å². The normalized spacial score (nSPS) is 10.4. The van der Waals surface area contributed by atoms with E-state index in [1.54, 1.807) is 25.3 Å². The molecule has 0 aliphatic carbocycles. The number of anilines is 1. The topological polar surface area (TPSA) is 121 Å². The maximum absolute atomic E-state index is 12.6. The van der Waals surface area contributed by atoms with E-state index < -0.39 is 17.4 Å². The van der Waals surface area contributed by atoms with Gasteiger partial charge in [0.05, 0.1) is 18.4 Å². The van der Waals surface area contributed by atoms with Gasteiger partial charge in [-0.15, -0.1) is 0 Å². The van der Waals surface area contributed by atoms with Crippen molar-refractivity contribution in [3.05, 3.63) is 86.0 Å². The van der Waals surface area contributed by atoms with Crippen LogP contribution in [0.15, 0.2) is 57.8 Å². The number of hydrogen-bond acceptors (Lipinski definition) is 5. The average molecular weight is 458 g/mol. The number of nitrogens with one attached hydrogen (secondary N) is 2. The molecule has 9 heteroatoms. The number of hydrogen-bond donors (Lipinski definition) is 3. The first-order valence-corrected chi connectivity index (χ1v) is 9.22. The van der Waals surface area contributed by atoms with Gasteiger partial charge in [0.15, 0.2) is 0 Å². The molecule has 0 bridgehead atoms. The van der Waals surface area contributed by atoms with Crippen molar-refractivity contribution in [2.24, 2.45) is 0 Å². The number of aromatic carboxylic acids is 1. The third-order valence-corrected chi connectivity index (χ3v) is 4.51. The lowest BCUT2D eigenvalue weighted by Gasteiger charge is -2.09. The van der Waals surface area contributed by atoms with Crippen LogP contribution in [-0.4, -0.2) is 34.1 Å². The van der Waals surface area contributed by atoms with E-state index in [1.807, 2.05) is 12.1 Å². The molecule has 0 saturated carbocycles. The van der Waals surface area contributed by atoms with Crippen LogP contribution in [0.4, 0.5) is 5.69 Å². The summed E-state index contributed by atoms with van der Waals surface area (Å²) in [6.07, 6.45) is 0.305. The van der Waals surface area contributed by atoms with Crippen LogP contribution in [0.3, 0.4) is 0 Å². The second kappa shape index (κ2) is 8.70. The minimum Gasteiger partial charge on any atom is -0.497 e. The zero-order valence-electron chi connectivity index (χ0n) is 15.2. The first-order valence-electron chi connectivity index (χ1n) is 8.43. The van der Waals surface area contributed by atoms with Gasteiger partial charge in [-0.05, 0) is 35.9 Å². The van der Waals surface area contributed by atoms with Crippen molar-refractivity contribution in [3.8, 4) is 5.75 Å². The lowest BCUT2D eigenvalue weighted by molar-refractivity contribution is 0.0698. The number of aromatic amines is 1. The summed E-state index contributed by atoms with van der Waals surface area (Å²) in [5.74, 6) is -0.869. The Morgan fingerprint density at radius 1 is 1.17 bits per heavy atom. The van der Waals surface area contributed by atoms with Gasteiger partial charge in [-0.2, -0.15) is 0 Å². The lowest BCUT2D eigenvalue weighted by atomic mass is 10.1. The number of H-pyrrole nitrogens is 1. The monoisotopic (exact) mass is 457 g/mol. The van der Waals surface area contributed by atoms with Crippen molar-refractivity contribution in [1.29, 1.82) is 0 Å². The summed E-state index contributed by atoms with van der Waals surface area (Å²) < 4.78 is 5.67. The second-order valence-electron chi connectivity index (χ2n) is 6.05. The number of rotatable bonds is 6. The molecule has 0 spiro atoms. The number of carboxylic acid groups (broad SMARTS) is 1. The molecule has 0 atom stereocenters. The number of amides is 1. The van der Waals surface area contributed by atoms with Crippen molar-refractivity contribution in [2.45, 2.75) is 6.42 Å². The maximum Gasteiger partial charge on any atom is 0.337 e. The summed E-state index contributed by atoms with van der Waals surface area (Å²) in [5.41, 5.74) is 0.285. The fraction of sp³-hybridized carbons (Fsp3) is 0.100. The van der Waals surface area contributed by atoms with Crippen molar-refractivity contribution in [1.82, 2.24) is 9.97 Å². The molecule has 3 aromatic rings. The third-order valence-electron chi connectivity index (χ3n) is 4.01. The van der Waals surface area contributed by atoms with E-state index in [9.17, 15) is 19.5 Å². The number of carbonyl (C=O) groups is 2. The van der Waals surface area contributed by atoms with E-state index in [0.29, 0.717) is 22.5 Å². The predicted molar refractivity (Wildman–Crippen MR) is 110 cm³/mol. The van der Waals surface area contributed by atoms with Gasteiger partial charge in [-0.1, -0.05) is 28.1 Å². The highest BCUT2D eigenvalue weighted by molar-refractivity contribution is 9.10. The fourth-order valence-electron chi connectivity index (χ4n) is 2.63. The quantitative estimate of drug-likeness (QED) is 0.522. The van der Waals surface area contributed by atoms with E-state index in [2.05, 4.69) is 31.2 Å². The first-order chi connectivity index (χ1) is 13.9. The number of halogens is 1. The number of methoxy groups -OCH3 is 1. The molecule has 0 aliphatic heterocycles. The third kappa shape index (κ3) is 5.08. The summed E-state index contributed by atoms with van der Waals surface area (Å²) in [6, 6.07) is 12.7. The smallest absolute Gasteiger partial charge is 0.337 e. The number of carboxylic acids is 1. The Morgan fingerprint density at radius 3 is 2.55 bits per heavy atom. The van der Waals surface area contributed by atoms with Gasteiger partial charge in [0.25, 0.3) is 11.5 Å². The number of benzene rings is 2. The van der Waals surface area contributed by atoms with Crippen LogP contribution in [0.2, 0.25) is 0 Å². The largest absolute Gasteiger partial charge is 0.497 e. The Labute approximate surface area is 173 Å². The molecule has 8 nitrogen and oxygen atoms in total. The number of aromatic nitrogens is 2. The molecule has 0 radical (unpaired) electrons. The van der Waals surface area contributed by atoms with Crippen molar-refractivity contribution in [2.75, 3.05) is 12.4 Å². The van der Waals surface area contributed by atoms with Gasteiger partial charge < -0.3 is 20.1 Å². The SMILES string of the molecule is COc1ccc(Cc2nc(C(=O)Nc3ccc(Br)cc3C(=O)O)cc(=O)[nH]2)cc1. The highest BCUT2D eigenvalue weighted by Crippen LogP contribution is 2.21. The van der Waals surface area contributed by atoms with Crippen LogP contribution in [0.5, 0.6) is 5.75 Å². The van der Waals surface area contributed by atoms with Crippen LogP contribution in [0, 0.1) is 0 Å². The predicted octanol–water partition coefficient (Wildman–Crippen LogP) is 3.08. The zero-order valence-corrected chi connectivity index (χ0v) is 16.8. The molecule has 29 heavy (non-hydrogen) atoms. The van der Waals surface area contributed by atoms with Gasteiger partial charge in [-0.25, -0.2) is 9.78 Å². The van der Waals surface area contributed by atoms with Gasteiger partial charge >= 0.3 is 5.97 Å². The average Bonchev–Trinajstić information content (AvgIpc) is 2.69. The summed E-state index contributed by atoms with van der Waals surface area (Å²) in [4.78, 5) is 42.8. The molecule has 1 amide bonds. The Kier molecular flexibility index (Phi) is 6.08. The summed E-state index contributed by atoms with van der Waals surface area (Å²) in [6.45, 7) is 0. The first kappa shape index (κ1) is 20.3. The van der Waals surface area contributed by atoms with Gasteiger partial charge in [0.1, 0.15) is 17.3 Å². The summed E-state index contributed by atoms with van der Waals surface area (Å²) >= 11 is 3.19. The fourth-order valence-corrected chi connectivity index (χ4v) is 2.99. The van der Waals surface area contributed by atoms with E-state index in [1.165, 1.54) is 12.1 Å². The van der Waals surface area contributed by atoms with Crippen molar-refractivity contribution in [3.63, 3.8) is 0 Å². The van der Waals surface area contributed by atoms with Crippen LogP contribution in [0.1, 0.15) is 32.2 Å². The highest BCUT2D eigenvalue weighted by Gasteiger charge is 2.16. The second-order valence-corrected chi connectivity index (χ2v) is 6.97. The molecular formula is C20H16BrN3O5. The Hall–Kier alpha value is -3.46. The molecule has 3 rings (SSSR count). The number of carbonyl (C=O) groups excluding carboxylic acids is 1. The molecule has 0 saturated heterocycles. The lowest BCUT2D eigenvalue weighted by Crippen LogP contribution is -2.21. The Morgan fingerprint density at radius 2 is 1.90 bits per heavy atom. The van der Waals surface area contributed by atoms with E-state index in [0.717, 1.165) is 11.6 Å². The van der Waals surface area contributed by atoms with Crippen LogP contribution < -0.4 is 15.6 Å². The van der Waals surface area contributed by atoms with Crippen LogP contribution in [0.25, 0.3) is 0 Å². The summed E-state index contributed by atoms with van der Waals surface area (Å²) in [5, 5.41) is 11.8. The zero-order chi connectivity index (χ0) is 21.0. The van der Waals surface area contributed by atoms with E-state index >= 15 is 0 Å². The molecule has 3 N–H and O–H groups in total. The maximum atomic E-state index is 12.6. The van der Waals surface area contributed by atoms with Gasteiger partial charge in [0.2, 0.25) is 0 Å². The number of nitrogens with zero attached hydrogens (tertiary/aromatic N) is 1. The minimum absolute atomic E-state index is 0.0870. The molecule has 1 aromatic heterocycles. The molecule has 2 aromatic carbocycles. The molecule has 148 valence electrons. The van der Waals surface area contributed by atoms with Crippen LogP contribution >= 0.6 is 15.9 Å². The standard InChI is InChI=1S/C20H16BrN3O5/c1-29-13-5-2-11(3-6-13)8-17-22-16(10-18(25)24-17)19(26)23-15-7-4-12(21)9-14(15)20(27)28/h2-7,9-10H,8H2,1H3,(H,23,26)(H,27,28)(H,22,24,25). The molecule has 0 aliphatic rings. The molecule has 0 fully saturated rings. The van der Waals surface area contributed by atoms with E-state index in [4.69, 9.17) is 4.74 Å². The van der Waals surface area contributed by atoms with E-state index in [-0.39, 0.29) is 16.9 Å². The van der Waals surface area contributed by atoms with Crippen LogP contribution in [-0.2, 0) is 6.42 Å².